The minimum absolute atomic E-state index is 0.240. The summed E-state index contributed by atoms with van der Waals surface area (Å²) < 4.78 is 22.7. The van der Waals surface area contributed by atoms with E-state index in [1.165, 1.54) is 0 Å². The predicted octanol–water partition coefficient (Wildman–Crippen LogP) is 3.59. The topological polar surface area (TPSA) is 48.4 Å². The number of pyridine rings is 1. The second-order valence-corrected chi connectivity index (χ2v) is 5.72. The molecule has 0 radical (unpaired) electrons. The maximum absolute atomic E-state index is 12.2. The zero-order chi connectivity index (χ0) is 12.7. The minimum atomic E-state index is -3.04. The number of alkyl halides is 1. The van der Waals surface area contributed by atoms with Crippen LogP contribution in [0.3, 0.4) is 0 Å². The Kier molecular flexibility index (Phi) is 6.14. The molecule has 0 spiro atoms. The molecule has 0 saturated carbocycles. The predicted molar refractivity (Wildman–Crippen MR) is 68.4 cm³/mol. The molecule has 1 heterocycles. The molecule has 6 heteroatoms. The van der Waals surface area contributed by atoms with E-state index in [4.69, 9.17) is 20.6 Å². The van der Waals surface area contributed by atoms with Crippen LogP contribution in [0, 0.1) is 0 Å². The number of aromatic nitrogens is 1. The lowest BCUT2D eigenvalue weighted by atomic mass is 10.3. The SMILES string of the molecule is CCOP(=O)(Cc1ccc(CCl)nc1)OCC. The van der Waals surface area contributed by atoms with E-state index in [0.717, 1.165) is 11.3 Å². The van der Waals surface area contributed by atoms with Gasteiger partial charge in [0.25, 0.3) is 0 Å². The van der Waals surface area contributed by atoms with Gasteiger partial charge >= 0.3 is 7.60 Å². The fourth-order valence-corrected chi connectivity index (χ4v) is 3.21. The highest BCUT2D eigenvalue weighted by Crippen LogP contribution is 2.51. The minimum Gasteiger partial charge on any atom is -0.309 e. The Morgan fingerprint density at radius 1 is 1.29 bits per heavy atom. The third-order valence-electron chi connectivity index (χ3n) is 2.05. The molecule has 0 aliphatic carbocycles. The number of hydrogen-bond acceptors (Lipinski definition) is 4. The molecule has 0 N–H and O–H groups in total. The number of hydrogen-bond donors (Lipinski definition) is 0. The molecule has 0 atom stereocenters. The summed E-state index contributed by atoms with van der Waals surface area (Å²) in [5, 5.41) is 0. The summed E-state index contributed by atoms with van der Waals surface area (Å²) in [5.41, 5.74) is 1.61. The van der Waals surface area contributed by atoms with E-state index in [-0.39, 0.29) is 6.16 Å². The fourth-order valence-electron chi connectivity index (χ4n) is 1.37. The van der Waals surface area contributed by atoms with Crippen molar-refractivity contribution >= 4 is 19.2 Å². The number of nitrogens with zero attached hydrogens (tertiary/aromatic N) is 1. The molecule has 96 valence electrons. The van der Waals surface area contributed by atoms with Crippen molar-refractivity contribution in [3.63, 3.8) is 0 Å². The van der Waals surface area contributed by atoms with Gasteiger partial charge in [-0.25, -0.2) is 0 Å². The molecule has 0 saturated heterocycles. The summed E-state index contributed by atoms with van der Waals surface area (Å²) in [4.78, 5) is 4.14. The van der Waals surface area contributed by atoms with E-state index in [0.29, 0.717) is 19.1 Å². The van der Waals surface area contributed by atoms with E-state index in [1.54, 1.807) is 20.0 Å². The lowest BCUT2D eigenvalue weighted by Crippen LogP contribution is -1.99. The molecule has 1 aromatic rings. The zero-order valence-corrected chi connectivity index (χ0v) is 11.7. The first-order valence-corrected chi connectivity index (χ1v) is 7.77. The Hall–Kier alpha value is -0.410. The van der Waals surface area contributed by atoms with Crippen molar-refractivity contribution in [3.05, 3.63) is 29.6 Å². The lowest BCUT2D eigenvalue weighted by Gasteiger charge is -2.16. The monoisotopic (exact) mass is 277 g/mol. The zero-order valence-electron chi connectivity index (χ0n) is 10.1. The highest BCUT2D eigenvalue weighted by molar-refractivity contribution is 7.53. The van der Waals surface area contributed by atoms with Gasteiger partial charge in [-0.05, 0) is 25.5 Å². The van der Waals surface area contributed by atoms with E-state index in [2.05, 4.69) is 4.98 Å². The van der Waals surface area contributed by atoms with Gasteiger partial charge in [0.05, 0.1) is 30.9 Å². The third kappa shape index (κ3) is 4.76. The number of rotatable bonds is 7. The van der Waals surface area contributed by atoms with Gasteiger partial charge < -0.3 is 9.05 Å². The summed E-state index contributed by atoms with van der Waals surface area (Å²) in [6.45, 7) is 4.32. The van der Waals surface area contributed by atoms with Gasteiger partial charge in [0.1, 0.15) is 0 Å². The second-order valence-electron chi connectivity index (χ2n) is 3.40. The van der Waals surface area contributed by atoms with Crippen LogP contribution in [-0.2, 0) is 25.7 Å². The Bertz CT molecular complexity index is 373. The molecule has 17 heavy (non-hydrogen) atoms. The molecule has 0 unspecified atom stereocenters. The van der Waals surface area contributed by atoms with Crippen molar-refractivity contribution in [3.8, 4) is 0 Å². The first-order valence-electron chi connectivity index (χ1n) is 5.51. The summed E-state index contributed by atoms with van der Waals surface area (Å²) >= 11 is 5.65. The van der Waals surface area contributed by atoms with Gasteiger partial charge in [-0.3, -0.25) is 9.55 Å². The van der Waals surface area contributed by atoms with Crippen LogP contribution in [0.5, 0.6) is 0 Å². The normalized spacial score (nSPS) is 11.7. The van der Waals surface area contributed by atoms with Crippen LogP contribution in [0.25, 0.3) is 0 Å². The van der Waals surface area contributed by atoms with E-state index < -0.39 is 7.60 Å². The maximum Gasteiger partial charge on any atom is 0.335 e. The van der Waals surface area contributed by atoms with Crippen molar-refractivity contribution in [1.82, 2.24) is 4.98 Å². The molecule has 4 nitrogen and oxygen atoms in total. The molecule has 0 fully saturated rings. The highest BCUT2D eigenvalue weighted by atomic mass is 35.5. The fraction of sp³-hybridized carbons (Fsp3) is 0.545. The second kappa shape index (κ2) is 7.12. The summed E-state index contributed by atoms with van der Waals surface area (Å²) in [6.07, 6.45) is 1.90. The smallest absolute Gasteiger partial charge is 0.309 e. The Morgan fingerprint density at radius 3 is 2.35 bits per heavy atom. The Balaban J connectivity index is 2.75. The van der Waals surface area contributed by atoms with Crippen LogP contribution in [-0.4, -0.2) is 18.2 Å². The summed E-state index contributed by atoms with van der Waals surface area (Å²) in [7, 11) is -3.04. The van der Waals surface area contributed by atoms with Gasteiger partial charge in [0.15, 0.2) is 0 Å². The van der Waals surface area contributed by atoms with E-state index in [9.17, 15) is 4.57 Å². The molecular formula is C11H17ClNO3P. The molecule has 0 aliphatic heterocycles. The van der Waals surface area contributed by atoms with Crippen LogP contribution in [0.1, 0.15) is 25.1 Å². The first-order chi connectivity index (χ1) is 8.13. The Morgan fingerprint density at radius 2 is 1.94 bits per heavy atom. The van der Waals surface area contributed by atoms with Crippen LogP contribution in [0.15, 0.2) is 18.3 Å². The average Bonchev–Trinajstić information content (AvgIpc) is 2.30. The van der Waals surface area contributed by atoms with Crippen molar-refractivity contribution in [2.24, 2.45) is 0 Å². The van der Waals surface area contributed by atoms with Gasteiger partial charge in [-0.15, -0.1) is 11.6 Å². The largest absolute Gasteiger partial charge is 0.335 e. The van der Waals surface area contributed by atoms with Crippen molar-refractivity contribution < 1.29 is 13.6 Å². The van der Waals surface area contributed by atoms with Crippen molar-refractivity contribution in [2.75, 3.05) is 13.2 Å². The van der Waals surface area contributed by atoms with Gasteiger partial charge in [-0.2, -0.15) is 0 Å². The van der Waals surface area contributed by atoms with Crippen LogP contribution >= 0.6 is 19.2 Å². The van der Waals surface area contributed by atoms with Gasteiger partial charge in [0.2, 0.25) is 0 Å². The van der Waals surface area contributed by atoms with E-state index >= 15 is 0 Å². The number of halogens is 1. The first kappa shape index (κ1) is 14.7. The Labute approximate surface area is 107 Å². The quantitative estimate of drug-likeness (QED) is 0.564. The molecule has 1 aromatic heterocycles. The van der Waals surface area contributed by atoms with Gasteiger partial charge in [-0.1, -0.05) is 6.07 Å². The molecule has 0 aromatic carbocycles. The van der Waals surface area contributed by atoms with Gasteiger partial charge in [0, 0.05) is 6.20 Å². The summed E-state index contributed by atoms with van der Waals surface area (Å²) in [6, 6.07) is 3.65. The van der Waals surface area contributed by atoms with Crippen LogP contribution in [0.4, 0.5) is 0 Å². The molecule has 0 bridgehead atoms. The third-order valence-corrected chi connectivity index (χ3v) is 4.38. The van der Waals surface area contributed by atoms with Crippen molar-refractivity contribution in [2.45, 2.75) is 25.9 Å². The summed E-state index contributed by atoms with van der Waals surface area (Å²) in [5.74, 6) is 0.370. The van der Waals surface area contributed by atoms with Crippen LogP contribution < -0.4 is 0 Å². The maximum atomic E-state index is 12.2. The standard InChI is InChI=1S/C11H17ClNO3P/c1-3-15-17(14,16-4-2)9-10-5-6-11(7-12)13-8-10/h5-6,8H,3-4,7,9H2,1-2H3. The average molecular weight is 278 g/mol. The van der Waals surface area contributed by atoms with Crippen LogP contribution in [0.2, 0.25) is 0 Å². The molecule has 1 rings (SSSR count). The molecule has 0 aliphatic rings. The lowest BCUT2D eigenvalue weighted by molar-refractivity contribution is 0.219. The molecular weight excluding hydrogens is 261 g/mol. The highest BCUT2D eigenvalue weighted by Gasteiger charge is 2.23. The van der Waals surface area contributed by atoms with E-state index in [1.807, 2.05) is 12.1 Å². The molecule has 0 amide bonds. The van der Waals surface area contributed by atoms with Crippen molar-refractivity contribution in [1.29, 1.82) is 0 Å².